The molecular weight excluding hydrogens is 472 g/mol. The van der Waals surface area contributed by atoms with E-state index in [0.29, 0.717) is 0 Å². The van der Waals surface area contributed by atoms with E-state index < -0.39 is 0 Å². The molecule has 7 rings (SSSR count). The van der Waals surface area contributed by atoms with Crippen molar-refractivity contribution in [3.63, 3.8) is 0 Å². The fraction of sp³-hybridized carbons (Fsp3) is 0.108. The minimum atomic E-state index is 0.0143. The van der Waals surface area contributed by atoms with Crippen molar-refractivity contribution < 1.29 is 0 Å². The first kappa shape index (κ1) is 23.4. The Morgan fingerprint density at radius 1 is 0.564 bits per heavy atom. The Morgan fingerprint density at radius 2 is 1.21 bits per heavy atom. The molecule has 0 aliphatic rings. The lowest BCUT2D eigenvalue weighted by molar-refractivity contribution is 0.634. The van der Waals surface area contributed by atoms with Crippen LogP contribution in [0.5, 0.6) is 0 Å². The van der Waals surface area contributed by atoms with Crippen molar-refractivity contribution in [2.75, 3.05) is 5.32 Å². The van der Waals surface area contributed by atoms with E-state index in [1.54, 1.807) is 0 Å². The first-order chi connectivity index (χ1) is 19.0. The average molecular weight is 503 g/mol. The Labute approximate surface area is 229 Å². The van der Waals surface area contributed by atoms with E-state index in [2.05, 4.69) is 148 Å². The molecule has 0 bridgehead atoms. The second-order valence-corrected chi connectivity index (χ2v) is 11.4. The van der Waals surface area contributed by atoms with Gasteiger partial charge in [-0.15, -0.1) is 0 Å². The Bertz CT molecular complexity index is 2000. The monoisotopic (exact) mass is 502 g/mol. The predicted octanol–water partition coefficient (Wildman–Crippen LogP) is 10.2. The smallest absolute Gasteiger partial charge is 0.0714 e. The van der Waals surface area contributed by atoms with Crippen molar-refractivity contribution >= 4 is 48.9 Å². The molecule has 188 valence electrons. The molecule has 0 fully saturated rings. The molecule has 0 spiro atoms. The molecule has 0 aliphatic carbocycles. The summed E-state index contributed by atoms with van der Waals surface area (Å²) in [5.41, 5.74) is 7.04. The summed E-state index contributed by atoms with van der Waals surface area (Å²) in [6.07, 6.45) is 2.06. The topological polar surface area (TPSA) is 24.9 Å². The Hall–Kier alpha value is -4.69. The molecule has 39 heavy (non-hydrogen) atoms. The van der Waals surface area contributed by atoms with Gasteiger partial charge < -0.3 is 5.32 Å². The lowest BCUT2D eigenvalue weighted by Crippen LogP contribution is -2.25. The zero-order valence-electron chi connectivity index (χ0n) is 22.5. The summed E-state index contributed by atoms with van der Waals surface area (Å²) < 4.78 is 0. The van der Waals surface area contributed by atoms with Gasteiger partial charge in [-0.2, -0.15) is 0 Å². The van der Waals surface area contributed by atoms with Crippen molar-refractivity contribution in [1.29, 1.82) is 0 Å². The second-order valence-electron chi connectivity index (χ2n) is 11.4. The number of aromatic nitrogens is 1. The maximum atomic E-state index is 5.00. The third-order valence-corrected chi connectivity index (χ3v) is 7.51. The zero-order valence-corrected chi connectivity index (χ0v) is 22.5. The highest BCUT2D eigenvalue weighted by Gasteiger charge is 2.16. The third kappa shape index (κ3) is 4.09. The minimum Gasteiger partial charge on any atom is -0.380 e. The van der Waals surface area contributed by atoms with Gasteiger partial charge in [-0.05, 0) is 88.2 Å². The molecule has 0 saturated carbocycles. The van der Waals surface area contributed by atoms with Crippen molar-refractivity contribution in [3.05, 3.63) is 121 Å². The van der Waals surface area contributed by atoms with Crippen LogP contribution in [0.15, 0.2) is 121 Å². The van der Waals surface area contributed by atoms with Gasteiger partial charge in [-0.3, -0.25) is 4.98 Å². The standard InChI is InChI=1S/C37H30N2/c1-37(2,3)39-27-15-17-28-26(22-27)14-16-31-30(28)20-21-34-36(31)32-19-18-29(24-10-6-4-7-11-24)35(33(32)23-38-34)25-12-8-5-9-13-25/h4-23,39H,1-3H3. The van der Waals surface area contributed by atoms with Gasteiger partial charge in [-0.1, -0.05) is 97.1 Å². The van der Waals surface area contributed by atoms with Gasteiger partial charge in [0.2, 0.25) is 0 Å². The second kappa shape index (κ2) is 8.96. The van der Waals surface area contributed by atoms with Gasteiger partial charge in [0.25, 0.3) is 0 Å². The Morgan fingerprint density at radius 3 is 1.95 bits per heavy atom. The molecule has 7 aromatic rings. The van der Waals surface area contributed by atoms with Gasteiger partial charge in [0.15, 0.2) is 0 Å². The quantitative estimate of drug-likeness (QED) is 0.243. The number of rotatable bonds is 3. The molecule has 0 amide bonds. The van der Waals surface area contributed by atoms with Gasteiger partial charge in [0.05, 0.1) is 5.52 Å². The van der Waals surface area contributed by atoms with E-state index >= 15 is 0 Å². The van der Waals surface area contributed by atoms with E-state index in [-0.39, 0.29) is 5.54 Å². The third-order valence-electron chi connectivity index (χ3n) is 7.51. The van der Waals surface area contributed by atoms with Crippen LogP contribution in [-0.2, 0) is 0 Å². The minimum absolute atomic E-state index is 0.0143. The molecule has 2 nitrogen and oxygen atoms in total. The number of hydrogen-bond acceptors (Lipinski definition) is 2. The summed E-state index contributed by atoms with van der Waals surface area (Å²) in [4.78, 5) is 5.00. The number of benzene rings is 6. The molecule has 1 heterocycles. The molecule has 1 aromatic heterocycles. The van der Waals surface area contributed by atoms with Crippen LogP contribution in [0.2, 0.25) is 0 Å². The number of pyridine rings is 1. The van der Waals surface area contributed by atoms with E-state index in [0.717, 1.165) is 11.2 Å². The van der Waals surface area contributed by atoms with Crippen molar-refractivity contribution in [2.24, 2.45) is 0 Å². The van der Waals surface area contributed by atoms with Gasteiger partial charge >= 0.3 is 0 Å². The molecular formula is C37H30N2. The van der Waals surface area contributed by atoms with Crippen LogP contribution in [0.1, 0.15) is 20.8 Å². The van der Waals surface area contributed by atoms with Crippen molar-refractivity contribution in [1.82, 2.24) is 4.98 Å². The van der Waals surface area contributed by atoms with Crippen LogP contribution < -0.4 is 5.32 Å². The molecule has 2 heteroatoms. The summed E-state index contributed by atoms with van der Waals surface area (Å²) in [7, 11) is 0. The van der Waals surface area contributed by atoms with Crippen LogP contribution >= 0.6 is 0 Å². The lowest BCUT2D eigenvalue weighted by atomic mass is 9.88. The number of anilines is 1. The first-order valence-electron chi connectivity index (χ1n) is 13.6. The highest BCUT2D eigenvalue weighted by atomic mass is 14.9. The Balaban J connectivity index is 1.53. The molecule has 1 N–H and O–H groups in total. The van der Waals surface area contributed by atoms with Crippen LogP contribution in [0.3, 0.4) is 0 Å². The molecule has 0 saturated heterocycles. The number of hydrogen-bond donors (Lipinski definition) is 1. The van der Waals surface area contributed by atoms with Crippen molar-refractivity contribution in [2.45, 2.75) is 26.3 Å². The van der Waals surface area contributed by atoms with Gasteiger partial charge in [0.1, 0.15) is 0 Å². The molecule has 0 radical (unpaired) electrons. The number of fused-ring (bicyclic) bond motifs is 7. The van der Waals surface area contributed by atoms with E-state index in [4.69, 9.17) is 4.98 Å². The predicted molar refractivity (Wildman–Crippen MR) is 169 cm³/mol. The normalized spacial score (nSPS) is 12.0. The maximum Gasteiger partial charge on any atom is 0.0714 e. The van der Waals surface area contributed by atoms with Crippen LogP contribution in [0, 0.1) is 0 Å². The van der Waals surface area contributed by atoms with Crippen molar-refractivity contribution in [3.8, 4) is 22.3 Å². The van der Waals surface area contributed by atoms with E-state index in [9.17, 15) is 0 Å². The zero-order chi connectivity index (χ0) is 26.6. The molecule has 0 unspecified atom stereocenters. The summed E-state index contributed by atoms with van der Waals surface area (Å²) in [5, 5.41) is 12.2. The fourth-order valence-electron chi connectivity index (χ4n) is 5.92. The summed E-state index contributed by atoms with van der Waals surface area (Å²) in [6, 6.07) is 41.5. The lowest BCUT2D eigenvalue weighted by Gasteiger charge is -2.22. The van der Waals surface area contributed by atoms with Gasteiger partial charge in [0, 0.05) is 28.2 Å². The first-order valence-corrected chi connectivity index (χ1v) is 13.6. The van der Waals surface area contributed by atoms with E-state index in [1.807, 2.05) is 0 Å². The fourth-order valence-corrected chi connectivity index (χ4v) is 5.92. The number of nitrogens with zero attached hydrogens (tertiary/aromatic N) is 1. The molecule has 6 aromatic carbocycles. The maximum absolute atomic E-state index is 5.00. The molecule has 0 atom stereocenters. The highest BCUT2D eigenvalue weighted by Crippen LogP contribution is 2.42. The highest BCUT2D eigenvalue weighted by molar-refractivity contribution is 6.25. The summed E-state index contributed by atoms with van der Waals surface area (Å²) >= 11 is 0. The average Bonchev–Trinajstić information content (AvgIpc) is 2.95. The SMILES string of the molecule is CC(C)(C)Nc1ccc2c(ccc3c2ccc2ncc4c(-c5ccccc5)c(-c5ccccc5)ccc4c23)c1. The Kier molecular flexibility index (Phi) is 5.38. The largest absolute Gasteiger partial charge is 0.380 e. The van der Waals surface area contributed by atoms with Gasteiger partial charge in [-0.25, -0.2) is 0 Å². The van der Waals surface area contributed by atoms with Crippen LogP contribution in [0.4, 0.5) is 5.69 Å². The summed E-state index contributed by atoms with van der Waals surface area (Å²) in [6.45, 7) is 6.57. The summed E-state index contributed by atoms with van der Waals surface area (Å²) in [5.74, 6) is 0. The number of nitrogens with one attached hydrogen (secondary N) is 1. The van der Waals surface area contributed by atoms with Crippen LogP contribution in [-0.4, -0.2) is 10.5 Å². The van der Waals surface area contributed by atoms with Crippen LogP contribution in [0.25, 0.3) is 65.5 Å². The van der Waals surface area contributed by atoms with E-state index in [1.165, 1.54) is 60.0 Å². The molecule has 0 aliphatic heterocycles.